The van der Waals surface area contributed by atoms with E-state index in [1.54, 1.807) is 12.1 Å². The highest BCUT2D eigenvalue weighted by molar-refractivity contribution is 7.99. The largest absolute Gasteiger partial charge is 0.313 e. The molecular formula is C13H18FNS. The first-order valence-electron chi connectivity index (χ1n) is 5.81. The van der Waals surface area contributed by atoms with Crippen LogP contribution in [0.1, 0.15) is 24.4 Å². The normalized spacial score (nSPS) is 19.6. The number of rotatable bonds is 3. The molecule has 88 valence electrons. The molecule has 0 saturated carbocycles. The predicted molar refractivity (Wildman–Crippen MR) is 68.2 cm³/mol. The van der Waals surface area contributed by atoms with E-state index >= 15 is 0 Å². The maximum absolute atomic E-state index is 13.2. The molecule has 1 aromatic rings. The summed E-state index contributed by atoms with van der Waals surface area (Å²) in [5, 5.41) is 3.34. The van der Waals surface area contributed by atoms with Crippen molar-refractivity contribution in [2.75, 3.05) is 18.6 Å². The summed E-state index contributed by atoms with van der Waals surface area (Å²) in [5.74, 6) is 2.98. The van der Waals surface area contributed by atoms with E-state index in [1.165, 1.54) is 30.4 Å². The van der Waals surface area contributed by atoms with Crippen molar-refractivity contribution in [3.8, 4) is 0 Å². The molecule has 0 radical (unpaired) electrons. The molecule has 0 amide bonds. The molecule has 0 spiro atoms. The fourth-order valence-corrected chi connectivity index (χ4v) is 3.57. The summed E-state index contributed by atoms with van der Waals surface area (Å²) < 4.78 is 13.2. The van der Waals surface area contributed by atoms with Crippen molar-refractivity contribution in [3.63, 3.8) is 0 Å². The number of hydrogen-bond acceptors (Lipinski definition) is 2. The van der Waals surface area contributed by atoms with E-state index in [0.717, 1.165) is 5.56 Å². The van der Waals surface area contributed by atoms with E-state index in [4.69, 9.17) is 0 Å². The van der Waals surface area contributed by atoms with Crippen LogP contribution in [0.15, 0.2) is 24.3 Å². The predicted octanol–water partition coefficient (Wildman–Crippen LogP) is 3.23. The third-order valence-corrected chi connectivity index (χ3v) is 4.30. The highest BCUT2D eigenvalue weighted by Gasteiger charge is 2.23. The van der Waals surface area contributed by atoms with E-state index < -0.39 is 0 Å². The highest BCUT2D eigenvalue weighted by atomic mass is 32.2. The van der Waals surface area contributed by atoms with Crippen LogP contribution in [-0.2, 0) is 0 Å². The molecule has 1 saturated heterocycles. The Bertz CT molecular complexity index is 336. The Morgan fingerprint density at radius 1 is 1.38 bits per heavy atom. The molecular weight excluding hydrogens is 221 g/mol. The first kappa shape index (κ1) is 11.9. The lowest BCUT2D eigenvalue weighted by Crippen LogP contribution is -2.28. The highest BCUT2D eigenvalue weighted by Crippen LogP contribution is 2.33. The Morgan fingerprint density at radius 2 is 2.12 bits per heavy atom. The summed E-state index contributed by atoms with van der Waals surface area (Å²) in [6.07, 6.45) is 2.46. The Labute approximate surface area is 101 Å². The van der Waals surface area contributed by atoms with Crippen LogP contribution in [-0.4, -0.2) is 18.6 Å². The third kappa shape index (κ3) is 2.77. The Kier molecular flexibility index (Phi) is 4.24. The zero-order chi connectivity index (χ0) is 11.4. The molecule has 0 bridgehead atoms. The molecule has 1 unspecified atom stereocenters. The smallest absolute Gasteiger partial charge is 0.123 e. The second kappa shape index (κ2) is 5.69. The van der Waals surface area contributed by atoms with Crippen molar-refractivity contribution in [2.24, 2.45) is 5.92 Å². The first-order valence-corrected chi connectivity index (χ1v) is 6.97. The quantitative estimate of drug-likeness (QED) is 0.869. The van der Waals surface area contributed by atoms with E-state index in [-0.39, 0.29) is 5.82 Å². The van der Waals surface area contributed by atoms with Crippen LogP contribution < -0.4 is 5.32 Å². The summed E-state index contributed by atoms with van der Waals surface area (Å²) in [7, 11) is 1.97. The molecule has 0 aromatic heterocycles. The van der Waals surface area contributed by atoms with Crippen LogP contribution in [0.4, 0.5) is 4.39 Å². The van der Waals surface area contributed by atoms with E-state index in [0.29, 0.717) is 12.0 Å². The fraction of sp³-hybridized carbons (Fsp3) is 0.538. The minimum Gasteiger partial charge on any atom is -0.313 e. The van der Waals surface area contributed by atoms with Gasteiger partial charge in [-0.1, -0.05) is 12.1 Å². The second-order valence-electron chi connectivity index (χ2n) is 4.27. The number of halogens is 1. The average Bonchev–Trinajstić information content (AvgIpc) is 2.31. The van der Waals surface area contributed by atoms with Gasteiger partial charge in [0.15, 0.2) is 0 Å². The molecule has 0 aliphatic carbocycles. The van der Waals surface area contributed by atoms with E-state index in [1.807, 2.05) is 24.9 Å². The van der Waals surface area contributed by atoms with Crippen molar-refractivity contribution in [1.82, 2.24) is 5.32 Å². The topological polar surface area (TPSA) is 12.0 Å². The first-order chi connectivity index (χ1) is 7.81. The van der Waals surface area contributed by atoms with Crippen molar-refractivity contribution >= 4 is 11.8 Å². The molecule has 1 aliphatic heterocycles. The lowest BCUT2D eigenvalue weighted by atomic mass is 9.88. The molecule has 1 atom stereocenters. The van der Waals surface area contributed by atoms with Gasteiger partial charge in [-0.3, -0.25) is 0 Å². The molecule has 1 aromatic carbocycles. The molecule has 1 N–H and O–H groups in total. The summed E-state index contributed by atoms with van der Waals surface area (Å²) in [5.41, 5.74) is 1.08. The molecule has 1 nitrogen and oxygen atoms in total. The van der Waals surface area contributed by atoms with Gasteiger partial charge in [-0.05, 0) is 55.0 Å². The Balaban J connectivity index is 2.14. The van der Waals surface area contributed by atoms with Gasteiger partial charge in [0, 0.05) is 6.04 Å². The van der Waals surface area contributed by atoms with Crippen LogP contribution >= 0.6 is 11.8 Å². The molecule has 2 rings (SSSR count). The van der Waals surface area contributed by atoms with Gasteiger partial charge in [-0.15, -0.1) is 0 Å². The third-order valence-electron chi connectivity index (χ3n) is 3.26. The van der Waals surface area contributed by atoms with E-state index in [9.17, 15) is 4.39 Å². The van der Waals surface area contributed by atoms with Crippen molar-refractivity contribution in [2.45, 2.75) is 18.9 Å². The number of benzene rings is 1. The zero-order valence-corrected chi connectivity index (χ0v) is 10.4. The van der Waals surface area contributed by atoms with Gasteiger partial charge in [0.2, 0.25) is 0 Å². The number of thioether (sulfide) groups is 1. The van der Waals surface area contributed by atoms with Gasteiger partial charge in [0.25, 0.3) is 0 Å². The van der Waals surface area contributed by atoms with Crippen LogP contribution in [0.3, 0.4) is 0 Å². The van der Waals surface area contributed by atoms with Gasteiger partial charge in [-0.2, -0.15) is 11.8 Å². The van der Waals surface area contributed by atoms with Crippen molar-refractivity contribution in [1.29, 1.82) is 0 Å². The standard InChI is InChI=1S/C13H18FNS/c1-15-13(10-5-7-16-8-6-10)11-3-2-4-12(14)9-11/h2-4,9-10,13,15H,5-8H2,1H3. The number of nitrogens with one attached hydrogen (secondary N) is 1. The fourth-order valence-electron chi connectivity index (χ4n) is 2.42. The SMILES string of the molecule is CNC(c1cccc(F)c1)C1CCSCC1. The van der Waals surface area contributed by atoms with Crippen molar-refractivity contribution in [3.05, 3.63) is 35.6 Å². The van der Waals surface area contributed by atoms with Crippen LogP contribution in [0, 0.1) is 11.7 Å². The average molecular weight is 239 g/mol. The Hall–Kier alpha value is -0.540. The van der Waals surface area contributed by atoms with Gasteiger partial charge < -0.3 is 5.32 Å². The number of hydrogen-bond donors (Lipinski definition) is 1. The molecule has 1 fully saturated rings. The van der Waals surface area contributed by atoms with Gasteiger partial charge in [-0.25, -0.2) is 4.39 Å². The maximum Gasteiger partial charge on any atom is 0.123 e. The summed E-state index contributed by atoms with van der Waals surface area (Å²) >= 11 is 2.02. The molecule has 1 heterocycles. The lowest BCUT2D eigenvalue weighted by molar-refractivity contribution is 0.357. The summed E-state index contributed by atoms with van der Waals surface area (Å²) in [6.45, 7) is 0. The lowest BCUT2D eigenvalue weighted by Gasteiger charge is -2.30. The van der Waals surface area contributed by atoms with Crippen LogP contribution in [0.25, 0.3) is 0 Å². The molecule has 16 heavy (non-hydrogen) atoms. The van der Waals surface area contributed by atoms with Gasteiger partial charge in [0.05, 0.1) is 0 Å². The molecule has 1 aliphatic rings. The van der Waals surface area contributed by atoms with E-state index in [2.05, 4.69) is 5.32 Å². The molecule has 3 heteroatoms. The second-order valence-corrected chi connectivity index (χ2v) is 5.50. The maximum atomic E-state index is 13.2. The Morgan fingerprint density at radius 3 is 2.75 bits per heavy atom. The summed E-state index contributed by atoms with van der Waals surface area (Å²) in [6, 6.07) is 7.28. The minimum atomic E-state index is -0.136. The van der Waals surface area contributed by atoms with Crippen LogP contribution in [0.5, 0.6) is 0 Å². The van der Waals surface area contributed by atoms with Gasteiger partial charge in [0.1, 0.15) is 5.82 Å². The van der Waals surface area contributed by atoms with Crippen LogP contribution in [0.2, 0.25) is 0 Å². The minimum absolute atomic E-state index is 0.136. The monoisotopic (exact) mass is 239 g/mol. The summed E-state index contributed by atoms with van der Waals surface area (Å²) in [4.78, 5) is 0. The van der Waals surface area contributed by atoms with Gasteiger partial charge >= 0.3 is 0 Å². The van der Waals surface area contributed by atoms with Crippen molar-refractivity contribution < 1.29 is 4.39 Å². The zero-order valence-electron chi connectivity index (χ0n) is 9.58.